The lowest BCUT2D eigenvalue weighted by Gasteiger charge is -2.11. The van der Waals surface area contributed by atoms with Crippen molar-refractivity contribution in [3.05, 3.63) is 59.7 Å². The van der Waals surface area contributed by atoms with Crippen LogP contribution in [0.2, 0.25) is 0 Å². The number of nitrogen functional groups attached to an aromatic ring is 1. The van der Waals surface area contributed by atoms with Gasteiger partial charge in [-0.05, 0) is 54.2 Å². The van der Waals surface area contributed by atoms with Gasteiger partial charge in [0.05, 0.1) is 4.90 Å². The van der Waals surface area contributed by atoms with E-state index < -0.39 is 10.0 Å². The number of halogens is 1. The van der Waals surface area contributed by atoms with Crippen LogP contribution in [-0.4, -0.2) is 15.0 Å². The maximum Gasteiger partial charge on any atom is 0.240 e. The molecule has 2 aromatic rings. The Morgan fingerprint density at radius 2 is 1.62 bits per heavy atom. The van der Waals surface area contributed by atoms with Gasteiger partial charge < -0.3 is 5.73 Å². The molecular formula is C18H25ClN2O2S. The zero-order valence-electron chi connectivity index (χ0n) is 14.0. The Labute approximate surface area is 150 Å². The molecule has 132 valence electrons. The number of rotatable bonds is 7. The number of benzene rings is 2. The average molecular weight is 369 g/mol. The Morgan fingerprint density at radius 3 is 2.17 bits per heavy atom. The third-order valence-corrected chi connectivity index (χ3v) is 5.53. The summed E-state index contributed by atoms with van der Waals surface area (Å²) in [6, 6.07) is 14.6. The molecule has 0 fully saturated rings. The second-order valence-electron chi connectivity index (χ2n) is 5.77. The standard InChI is InChI=1S/C18H24N2O2S.ClH/c1-3-14(2)16-6-10-18(11-7-16)23(21,22)20-13-12-15-4-8-17(19)9-5-15;/h4-11,14,20H,3,12-13,19H2,1-2H3;1H. The number of hydrogen-bond donors (Lipinski definition) is 2. The average Bonchev–Trinajstić information content (AvgIpc) is 2.56. The maximum absolute atomic E-state index is 12.3. The van der Waals surface area contributed by atoms with Crippen LogP contribution in [0.25, 0.3) is 0 Å². The van der Waals surface area contributed by atoms with E-state index in [0.717, 1.165) is 17.5 Å². The molecule has 1 unspecified atom stereocenters. The second-order valence-corrected chi connectivity index (χ2v) is 7.53. The van der Waals surface area contributed by atoms with E-state index in [1.807, 2.05) is 36.4 Å². The summed E-state index contributed by atoms with van der Waals surface area (Å²) < 4.78 is 27.2. The highest BCUT2D eigenvalue weighted by molar-refractivity contribution is 7.89. The van der Waals surface area contributed by atoms with Crippen LogP contribution in [0.4, 0.5) is 5.69 Å². The van der Waals surface area contributed by atoms with E-state index in [2.05, 4.69) is 18.6 Å². The van der Waals surface area contributed by atoms with Crippen molar-refractivity contribution >= 4 is 28.1 Å². The minimum absolute atomic E-state index is 0. The molecule has 0 aliphatic heterocycles. The minimum atomic E-state index is -3.46. The zero-order chi connectivity index (χ0) is 16.9. The Kier molecular flexibility index (Phi) is 7.73. The van der Waals surface area contributed by atoms with Crippen molar-refractivity contribution in [1.82, 2.24) is 4.72 Å². The molecule has 4 nitrogen and oxygen atoms in total. The summed E-state index contributed by atoms with van der Waals surface area (Å²) in [5.41, 5.74) is 8.55. The van der Waals surface area contributed by atoms with Gasteiger partial charge in [-0.15, -0.1) is 12.4 Å². The first-order valence-electron chi connectivity index (χ1n) is 7.86. The molecule has 3 N–H and O–H groups in total. The summed E-state index contributed by atoms with van der Waals surface area (Å²) in [7, 11) is -3.46. The molecule has 24 heavy (non-hydrogen) atoms. The fourth-order valence-electron chi connectivity index (χ4n) is 2.31. The van der Waals surface area contributed by atoms with Crippen LogP contribution < -0.4 is 10.5 Å². The Hall–Kier alpha value is -1.56. The fraction of sp³-hybridized carbons (Fsp3) is 0.333. The molecule has 0 amide bonds. The molecule has 0 saturated carbocycles. The Bertz CT molecular complexity index is 729. The van der Waals surface area contributed by atoms with E-state index in [1.54, 1.807) is 12.1 Å². The molecular weight excluding hydrogens is 344 g/mol. The van der Waals surface area contributed by atoms with Crippen LogP contribution in [0.5, 0.6) is 0 Å². The highest BCUT2D eigenvalue weighted by Gasteiger charge is 2.14. The van der Waals surface area contributed by atoms with Gasteiger partial charge in [-0.3, -0.25) is 0 Å². The number of hydrogen-bond acceptors (Lipinski definition) is 3. The van der Waals surface area contributed by atoms with Crippen molar-refractivity contribution in [3.63, 3.8) is 0 Å². The number of sulfonamides is 1. The molecule has 6 heteroatoms. The van der Waals surface area contributed by atoms with Crippen molar-refractivity contribution in [2.75, 3.05) is 12.3 Å². The monoisotopic (exact) mass is 368 g/mol. The van der Waals surface area contributed by atoms with Gasteiger partial charge in [-0.25, -0.2) is 13.1 Å². The first-order chi connectivity index (χ1) is 10.9. The minimum Gasteiger partial charge on any atom is -0.399 e. The van der Waals surface area contributed by atoms with E-state index in [-0.39, 0.29) is 12.4 Å². The summed E-state index contributed by atoms with van der Waals surface area (Å²) in [5, 5.41) is 0. The fourth-order valence-corrected chi connectivity index (χ4v) is 3.34. The van der Waals surface area contributed by atoms with Crippen LogP contribution in [-0.2, 0) is 16.4 Å². The lowest BCUT2D eigenvalue weighted by molar-refractivity contribution is 0.581. The molecule has 0 aliphatic rings. The van der Waals surface area contributed by atoms with Gasteiger partial charge in [0, 0.05) is 12.2 Å². The predicted molar refractivity (Wildman–Crippen MR) is 102 cm³/mol. The smallest absolute Gasteiger partial charge is 0.240 e. The van der Waals surface area contributed by atoms with Gasteiger partial charge in [0.2, 0.25) is 10.0 Å². The molecule has 0 heterocycles. The van der Waals surface area contributed by atoms with Crippen LogP contribution in [0.15, 0.2) is 53.4 Å². The summed E-state index contributed by atoms with van der Waals surface area (Å²) >= 11 is 0. The third-order valence-electron chi connectivity index (χ3n) is 4.06. The van der Waals surface area contributed by atoms with E-state index in [4.69, 9.17) is 5.73 Å². The predicted octanol–water partition coefficient (Wildman–Crippen LogP) is 3.73. The Balaban J connectivity index is 0.00000288. The van der Waals surface area contributed by atoms with Crippen LogP contribution in [0, 0.1) is 0 Å². The van der Waals surface area contributed by atoms with Gasteiger partial charge in [0.25, 0.3) is 0 Å². The number of nitrogens with one attached hydrogen (secondary N) is 1. The van der Waals surface area contributed by atoms with Gasteiger partial charge in [0.1, 0.15) is 0 Å². The number of anilines is 1. The van der Waals surface area contributed by atoms with E-state index in [0.29, 0.717) is 29.5 Å². The highest BCUT2D eigenvalue weighted by Crippen LogP contribution is 2.20. The van der Waals surface area contributed by atoms with Gasteiger partial charge in [-0.2, -0.15) is 0 Å². The molecule has 0 radical (unpaired) electrons. The Morgan fingerprint density at radius 1 is 1.04 bits per heavy atom. The lowest BCUT2D eigenvalue weighted by Crippen LogP contribution is -2.26. The summed E-state index contributed by atoms with van der Waals surface area (Å²) in [6.45, 7) is 4.61. The summed E-state index contributed by atoms with van der Waals surface area (Å²) in [4.78, 5) is 0.307. The molecule has 0 spiro atoms. The van der Waals surface area contributed by atoms with Crippen molar-refractivity contribution in [3.8, 4) is 0 Å². The molecule has 0 saturated heterocycles. The third kappa shape index (κ3) is 5.51. The van der Waals surface area contributed by atoms with Crippen molar-refractivity contribution in [2.24, 2.45) is 0 Å². The largest absolute Gasteiger partial charge is 0.399 e. The zero-order valence-corrected chi connectivity index (χ0v) is 15.7. The van der Waals surface area contributed by atoms with Crippen LogP contribution in [0.1, 0.15) is 37.3 Å². The second kappa shape index (κ2) is 9.06. The van der Waals surface area contributed by atoms with Gasteiger partial charge in [0.15, 0.2) is 0 Å². The van der Waals surface area contributed by atoms with Crippen LogP contribution in [0.3, 0.4) is 0 Å². The van der Waals surface area contributed by atoms with Gasteiger partial charge in [-0.1, -0.05) is 38.1 Å². The maximum atomic E-state index is 12.3. The summed E-state index contributed by atoms with van der Waals surface area (Å²) in [6.07, 6.45) is 1.66. The molecule has 0 aromatic heterocycles. The SMILES string of the molecule is CCC(C)c1ccc(S(=O)(=O)NCCc2ccc(N)cc2)cc1.Cl. The van der Waals surface area contributed by atoms with Gasteiger partial charge >= 0.3 is 0 Å². The molecule has 0 bridgehead atoms. The molecule has 2 rings (SSSR count). The van der Waals surface area contributed by atoms with Crippen molar-refractivity contribution < 1.29 is 8.42 Å². The van der Waals surface area contributed by atoms with Crippen molar-refractivity contribution in [2.45, 2.75) is 37.5 Å². The van der Waals surface area contributed by atoms with E-state index >= 15 is 0 Å². The van der Waals surface area contributed by atoms with Crippen molar-refractivity contribution in [1.29, 1.82) is 0 Å². The first kappa shape index (κ1) is 20.5. The number of nitrogens with two attached hydrogens (primary N) is 1. The molecule has 0 aliphatic carbocycles. The molecule has 1 atom stereocenters. The topological polar surface area (TPSA) is 72.2 Å². The highest BCUT2D eigenvalue weighted by atomic mass is 35.5. The lowest BCUT2D eigenvalue weighted by atomic mass is 9.99. The quantitative estimate of drug-likeness (QED) is 0.731. The molecule has 2 aromatic carbocycles. The van der Waals surface area contributed by atoms with E-state index in [9.17, 15) is 8.42 Å². The summed E-state index contributed by atoms with van der Waals surface area (Å²) in [5.74, 6) is 0.435. The van der Waals surface area contributed by atoms with Crippen LogP contribution >= 0.6 is 12.4 Å². The normalized spacial score (nSPS) is 12.4. The first-order valence-corrected chi connectivity index (χ1v) is 9.34. The van der Waals surface area contributed by atoms with E-state index in [1.165, 1.54) is 0 Å².